The van der Waals surface area contributed by atoms with Crippen LogP contribution in [0.1, 0.15) is 5.56 Å². The van der Waals surface area contributed by atoms with Gasteiger partial charge in [-0.1, -0.05) is 36.4 Å². The normalized spacial score (nSPS) is 21.6. The fourth-order valence-corrected chi connectivity index (χ4v) is 1.34. The number of epoxide rings is 1. The summed E-state index contributed by atoms with van der Waals surface area (Å²) >= 11 is 0. The smallest absolute Gasteiger partial charge is 0.111 e. The second kappa shape index (κ2) is 4.40. The van der Waals surface area contributed by atoms with Crippen LogP contribution in [0.25, 0.3) is 0 Å². The minimum absolute atomic E-state index is 0.0372. The van der Waals surface area contributed by atoms with Crippen LogP contribution in [0, 0.1) is 0 Å². The van der Waals surface area contributed by atoms with Gasteiger partial charge in [0.05, 0.1) is 13.2 Å². The fraction of sp³-hybridized carbons (Fsp3) is 0.333. The minimum Gasteiger partial charge on any atom is -0.370 e. The van der Waals surface area contributed by atoms with E-state index in [1.165, 1.54) is 5.56 Å². The quantitative estimate of drug-likeness (QED) is 0.524. The highest BCUT2D eigenvalue weighted by Gasteiger charge is 2.31. The molecule has 2 heteroatoms. The van der Waals surface area contributed by atoms with Crippen molar-refractivity contribution in [3.05, 3.63) is 48.6 Å². The number of rotatable bonds is 5. The lowest BCUT2D eigenvalue weighted by atomic mass is 10.2. The first-order valence-corrected chi connectivity index (χ1v) is 4.80. The van der Waals surface area contributed by atoms with Gasteiger partial charge in [-0.05, 0) is 5.56 Å². The van der Waals surface area contributed by atoms with E-state index in [4.69, 9.17) is 9.47 Å². The average Bonchev–Trinajstić information content (AvgIpc) is 3.05. The van der Waals surface area contributed by atoms with E-state index < -0.39 is 0 Å². The summed E-state index contributed by atoms with van der Waals surface area (Å²) in [7, 11) is 0. The van der Waals surface area contributed by atoms with Crippen molar-refractivity contribution in [2.75, 3.05) is 6.61 Å². The topological polar surface area (TPSA) is 21.8 Å². The summed E-state index contributed by atoms with van der Waals surface area (Å²) in [6.07, 6.45) is 2.08. The molecular formula is C12H14O2. The lowest BCUT2D eigenvalue weighted by Crippen LogP contribution is -2.16. The monoisotopic (exact) mass is 190 g/mol. The van der Waals surface area contributed by atoms with E-state index in [1.807, 2.05) is 30.3 Å². The van der Waals surface area contributed by atoms with Gasteiger partial charge in [0.1, 0.15) is 12.2 Å². The van der Waals surface area contributed by atoms with Gasteiger partial charge in [-0.2, -0.15) is 0 Å². The van der Waals surface area contributed by atoms with Crippen molar-refractivity contribution in [1.29, 1.82) is 0 Å². The highest BCUT2D eigenvalue weighted by molar-refractivity contribution is 5.13. The summed E-state index contributed by atoms with van der Waals surface area (Å²) in [5.74, 6) is 0. The summed E-state index contributed by atoms with van der Waals surface area (Å²) in [6, 6.07) is 10.1. The van der Waals surface area contributed by atoms with Crippen LogP contribution >= 0.6 is 0 Å². The van der Waals surface area contributed by atoms with Crippen LogP contribution in [-0.2, 0) is 16.1 Å². The molecule has 0 amide bonds. The third-order valence-corrected chi connectivity index (χ3v) is 2.24. The van der Waals surface area contributed by atoms with Crippen LogP contribution in [-0.4, -0.2) is 18.8 Å². The second-order valence-electron chi connectivity index (χ2n) is 3.37. The third-order valence-electron chi connectivity index (χ3n) is 2.24. The molecule has 2 nitrogen and oxygen atoms in total. The van der Waals surface area contributed by atoms with Crippen LogP contribution in [0.3, 0.4) is 0 Å². The first kappa shape index (κ1) is 9.44. The molecule has 1 aromatic rings. The number of benzene rings is 1. The summed E-state index contributed by atoms with van der Waals surface area (Å²) in [5, 5.41) is 0. The van der Waals surface area contributed by atoms with Gasteiger partial charge in [0.25, 0.3) is 0 Å². The largest absolute Gasteiger partial charge is 0.370 e. The lowest BCUT2D eigenvalue weighted by molar-refractivity contribution is 0.0528. The van der Waals surface area contributed by atoms with Crippen molar-refractivity contribution in [2.24, 2.45) is 0 Å². The third kappa shape index (κ3) is 2.44. The molecule has 1 fully saturated rings. The molecule has 1 aromatic carbocycles. The predicted molar refractivity (Wildman–Crippen MR) is 55.0 cm³/mol. The Morgan fingerprint density at radius 3 is 2.79 bits per heavy atom. The van der Waals surface area contributed by atoms with Gasteiger partial charge in [-0.25, -0.2) is 0 Å². The maximum Gasteiger partial charge on any atom is 0.111 e. The molecule has 2 atom stereocenters. The highest BCUT2D eigenvalue weighted by atomic mass is 16.6. The van der Waals surface area contributed by atoms with E-state index in [0.717, 1.165) is 6.61 Å². The van der Waals surface area contributed by atoms with E-state index in [-0.39, 0.29) is 12.2 Å². The van der Waals surface area contributed by atoms with E-state index in [9.17, 15) is 0 Å². The number of ether oxygens (including phenoxy) is 2. The molecule has 1 aliphatic heterocycles. The SMILES string of the molecule is C=C[C@@H](OCc1ccccc1)[C@@H]1CO1. The van der Waals surface area contributed by atoms with Crippen molar-refractivity contribution < 1.29 is 9.47 Å². The highest BCUT2D eigenvalue weighted by Crippen LogP contribution is 2.18. The van der Waals surface area contributed by atoms with Crippen LogP contribution in [0.4, 0.5) is 0 Å². The van der Waals surface area contributed by atoms with Gasteiger partial charge in [-0.15, -0.1) is 6.58 Å². The van der Waals surface area contributed by atoms with Crippen molar-refractivity contribution in [1.82, 2.24) is 0 Å². The second-order valence-corrected chi connectivity index (χ2v) is 3.37. The molecule has 0 spiro atoms. The maximum absolute atomic E-state index is 5.66. The Morgan fingerprint density at radius 1 is 1.50 bits per heavy atom. The predicted octanol–water partition coefficient (Wildman–Crippen LogP) is 2.16. The Kier molecular flexibility index (Phi) is 2.96. The van der Waals surface area contributed by atoms with Crippen LogP contribution in [0.15, 0.2) is 43.0 Å². The minimum atomic E-state index is 0.0372. The van der Waals surface area contributed by atoms with Crippen molar-refractivity contribution in [3.63, 3.8) is 0 Å². The molecule has 0 aromatic heterocycles. The first-order chi connectivity index (χ1) is 6.90. The molecular weight excluding hydrogens is 176 g/mol. The first-order valence-electron chi connectivity index (χ1n) is 4.80. The summed E-state index contributed by atoms with van der Waals surface area (Å²) in [5.41, 5.74) is 1.18. The zero-order chi connectivity index (χ0) is 9.80. The molecule has 0 saturated carbocycles. The van der Waals surface area contributed by atoms with Crippen molar-refractivity contribution >= 4 is 0 Å². The molecule has 1 heterocycles. The molecule has 0 N–H and O–H groups in total. The van der Waals surface area contributed by atoms with Gasteiger partial charge >= 0.3 is 0 Å². The van der Waals surface area contributed by atoms with Gasteiger partial charge < -0.3 is 9.47 Å². The standard InChI is InChI=1S/C12H14O2/c1-2-11(12-9-14-12)13-8-10-6-4-3-5-7-10/h2-7,11-12H,1,8-9H2/t11-,12+/m1/s1. The molecule has 0 aliphatic carbocycles. The zero-order valence-corrected chi connectivity index (χ0v) is 8.06. The maximum atomic E-state index is 5.66. The van der Waals surface area contributed by atoms with Gasteiger partial charge in [0.15, 0.2) is 0 Å². The zero-order valence-electron chi connectivity index (χ0n) is 8.06. The summed E-state index contributed by atoms with van der Waals surface area (Å²) in [4.78, 5) is 0. The van der Waals surface area contributed by atoms with Crippen LogP contribution in [0.5, 0.6) is 0 Å². The Hall–Kier alpha value is -1.12. The molecule has 1 aliphatic rings. The van der Waals surface area contributed by atoms with Gasteiger partial charge in [0.2, 0.25) is 0 Å². The lowest BCUT2D eigenvalue weighted by Gasteiger charge is -2.10. The molecule has 2 rings (SSSR count). The van der Waals surface area contributed by atoms with Crippen LogP contribution < -0.4 is 0 Å². The van der Waals surface area contributed by atoms with E-state index in [0.29, 0.717) is 6.61 Å². The van der Waals surface area contributed by atoms with E-state index >= 15 is 0 Å². The Labute approximate surface area is 84.2 Å². The Balaban J connectivity index is 1.83. The molecule has 0 bridgehead atoms. The molecule has 74 valence electrons. The molecule has 14 heavy (non-hydrogen) atoms. The van der Waals surface area contributed by atoms with E-state index in [2.05, 4.69) is 6.58 Å². The van der Waals surface area contributed by atoms with E-state index in [1.54, 1.807) is 6.08 Å². The molecule has 0 radical (unpaired) electrons. The molecule has 0 unspecified atom stereocenters. The Morgan fingerprint density at radius 2 is 2.21 bits per heavy atom. The molecule has 1 saturated heterocycles. The fourth-order valence-electron chi connectivity index (χ4n) is 1.34. The van der Waals surface area contributed by atoms with Gasteiger partial charge in [0, 0.05) is 0 Å². The summed E-state index contributed by atoms with van der Waals surface area (Å²) in [6.45, 7) is 5.15. The van der Waals surface area contributed by atoms with Crippen molar-refractivity contribution in [2.45, 2.75) is 18.8 Å². The summed E-state index contributed by atoms with van der Waals surface area (Å²) < 4.78 is 10.8. The average molecular weight is 190 g/mol. The number of hydrogen-bond acceptors (Lipinski definition) is 2. The number of hydrogen-bond donors (Lipinski definition) is 0. The van der Waals surface area contributed by atoms with Crippen LogP contribution in [0.2, 0.25) is 0 Å². The van der Waals surface area contributed by atoms with Crippen molar-refractivity contribution in [3.8, 4) is 0 Å². The Bertz CT molecular complexity index is 290. The van der Waals surface area contributed by atoms with Gasteiger partial charge in [-0.3, -0.25) is 0 Å².